The smallest absolute Gasteiger partial charge is 0.206 e. The molecule has 0 N–H and O–H groups in total. The molecule has 0 radical (unpaired) electrons. The summed E-state index contributed by atoms with van der Waals surface area (Å²) in [5.41, 5.74) is 1.77. The molecule has 0 amide bonds. The number of aromatic nitrogens is 1. The number of Topliss-reactive ketones (excluding diaryl/α,β-unsaturated/α-hetero) is 1. The Kier molecular flexibility index (Phi) is 3.48. The number of thioether (sulfide) groups is 1. The van der Waals surface area contributed by atoms with Crippen molar-refractivity contribution < 1.29 is 9.59 Å². The van der Waals surface area contributed by atoms with Crippen molar-refractivity contribution in [2.45, 2.75) is 5.75 Å². The van der Waals surface area contributed by atoms with Gasteiger partial charge in [-0.1, -0.05) is 30.3 Å². The van der Waals surface area contributed by atoms with E-state index in [1.54, 1.807) is 12.1 Å². The molecule has 3 nitrogen and oxygen atoms in total. The molecule has 0 unspecified atom stereocenters. The average molecular weight is 281 g/mol. The largest absolute Gasteiger partial charge is 0.288 e. The Morgan fingerprint density at radius 3 is 2.60 bits per heavy atom. The van der Waals surface area contributed by atoms with E-state index in [4.69, 9.17) is 0 Å². The van der Waals surface area contributed by atoms with Crippen molar-refractivity contribution >= 4 is 23.3 Å². The molecule has 0 bridgehead atoms. The van der Waals surface area contributed by atoms with Gasteiger partial charge >= 0.3 is 0 Å². The van der Waals surface area contributed by atoms with E-state index in [0.717, 1.165) is 5.56 Å². The zero-order valence-corrected chi connectivity index (χ0v) is 11.4. The van der Waals surface area contributed by atoms with Gasteiger partial charge in [0.15, 0.2) is 0 Å². The molecule has 1 aromatic carbocycles. The lowest BCUT2D eigenvalue weighted by Crippen LogP contribution is -2.17. The van der Waals surface area contributed by atoms with Crippen LogP contribution >= 0.6 is 11.8 Å². The fourth-order valence-corrected chi connectivity index (χ4v) is 2.96. The van der Waals surface area contributed by atoms with E-state index in [0.29, 0.717) is 16.2 Å². The molecule has 0 atom stereocenters. The maximum absolute atomic E-state index is 12.3. The molecular formula is C16H11NO2S. The summed E-state index contributed by atoms with van der Waals surface area (Å²) in [6.45, 7) is 0. The van der Waals surface area contributed by atoms with Crippen molar-refractivity contribution in [2.24, 2.45) is 0 Å². The van der Waals surface area contributed by atoms with E-state index in [9.17, 15) is 9.59 Å². The fraction of sp³-hybridized carbons (Fsp3) is 0.0625. The van der Waals surface area contributed by atoms with Crippen molar-refractivity contribution in [3.63, 3.8) is 0 Å². The number of allylic oxidation sites excluding steroid dienone is 2. The number of carbonyl (C=O) groups is 2. The predicted octanol–water partition coefficient (Wildman–Crippen LogP) is 3.28. The molecule has 1 heterocycles. The highest BCUT2D eigenvalue weighted by molar-refractivity contribution is 8.03. The van der Waals surface area contributed by atoms with Gasteiger partial charge in [0.2, 0.25) is 11.6 Å². The molecule has 98 valence electrons. The van der Waals surface area contributed by atoms with Gasteiger partial charge in [-0.3, -0.25) is 14.6 Å². The normalized spacial score (nSPS) is 13.9. The number of carbonyl (C=O) groups excluding carboxylic acids is 2. The molecule has 0 saturated carbocycles. The van der Waals surface area contributed by atoms with Crippen LogP contribution in [0.4, 0.5) is 0 Å². The van der Waals surface area contributed by atoms with Gasteiger partial charge in [-0.15, -0.1) is 11.8 Å². The molecule has 2 aromatic rings. The minimum Gasteiger partial charge on any atom is -0.288 e. The van der Waals surface area contributed by atoms with Gasteiger partial charge in [-0.2, -0.15) is 0 Å². The van der Waals surface area contributed by atoms with Crippen molar-refractivity contribution in [2.75, 3.05) is 0 Å². The molecule has 0 fully saturated rings. The number of nitrogens with zero attached hydrogens (tertiary/aromatic N) is 1. The van der Waals surface area contributed by atoms with E-state index in [-0.39, 0.29) is 17.3 Å². The number of pyridine rings is 1. The first kappa shape index (κ1) is 12.8. The Morgan fingerprint density at radius 2 is 1.80 bits per heavy atom. The number of benzene rings is 1. The second-order valence-electron chi connectivity index (χ2n) is 4.38. The van der Waals surface area contributed by atoms with Crippen LogP contribution < -0.4 is 0 Å². The summed E-state index contributed by atoms with van der Waals surface area (Å²) in [5.74, 6) is 0.353. The minimum atomic E-state index is -0.198. The first-order valence-corrected chi connectivity index (χ1v) is 7.17. The van der Waals surface area contributed by atoms with Crippen molar-refractivity contribution in [3.8, 4) is 0 Å². The highest BCUT2D eigenvalue weighted by Crippen LogP contribution is 2.29. The number of ketones is 2. The summed E-state index contributed by atoms with van der Waals surface area (Å²) in [6, 6.07) is 13.2. The summed E-state index contributed by atoms with van der Waals surface area (Å²) in [6.07, 6.45) is 2.92. The van der Waals surface area contributed by atoms with Crippen LogP contribution in [0.5, 0.6) is 0 Å². The van der Waals surface area contributed by atoms with Crippen molar-refractivity contribution in [3.05, 3.63) is 76.5 Å². The van der Waals surface area contributed by atoms with Crippen LogP contribution in [0.25, 0.3) is 0 Å². The van der Waals surface area contributed by atoms with Crippen molar-refractivity contribution in [1.82, 2.24) is 4.98 Å². The zero-order chi connectivity index (χ0) is 13.9. The highest BCUT2D eigenvalue weighted by atomic mass is 32.2. The summed E-state index contributed by atoms with van der Waals surface area (Å²) >= 11 is 1.39. The molecule has 1 aliphatic rings. The first-order chi connectivity index (χ1) is 9.75. The quantitative estimate of drug-likeness (QED) is 0.866. The number of rotatable bonds is 3. The van der Waals surface area contributed by atoms with E-state index in [2.05, 4.69) is 4.98 Å². The third-order valence-electron chi connectivity index (χ3n) is 3.01. The van der Waals surface area contributed by atoms with Crippen LogP contribution in [-0.4, -0.2) is 16.6 Å². The van der Waals surface area contributed by atoms with Crippen LogP contribution in [-0.2, 0) is 5.75 Å². The SMILES string of the molecule is O=C1C(SCc2ccccc2)=CC(=O)c2ncccc21. The molecule has 0 spiro atoms. The third kappa shape index (κ3) is 2.42. The van der Waals surface area contributed by atoms with E-state index < -0.39 is 0 Å². The molecule has 0 aliphatic heterocycles. The highest BCUT2D eigenvalue weighted by Gasteiger charge is 2.26. The molecule has 1 aromatic heterocycles. The Balaban J connectivity index is 1.82. The second-order valence-corrected chi connectivity index (χ2v) is 5.39. The molecule has 1 aliphatic carbocycles. The molecular weight excluding hydrogens is 270 g/mol. The molecule has 4 heteroatoms. The van der Waals surface area contributed by atoms with E-state index in [1.807, 2.05) is 30.3 Å². The van der Waals surface area contributed by atoms with Gasteiger partial charge < -0.3 is 0 Å². The van der Waals surface area contributed by atoms with Gasteiger partial charge in [-0.05, 0) is 17.7 Å². The minimum absolute atomic E-state index is 0.117. The fourth-order valence-electron chi connectivity index (χ4n) is 2.01. The van der Waals surface area contributed by atoms with Crippen LogP contribution in [0.15, 0.2) is 59.6 Å². The topological polar surface area (TPSA) is 47.0 Å². The first-order valence-electron chi connectivity index (χ1n) is 6.18. The number of fused-ring (bicyclic) bond motifs is 1. The molecule has 3 rings (SSSR count). The van der Waals surface area contributed by atoms with Gasteiger partial charge in [0.05, 0.1) is 10.5 Å². The molecule has 20 heavy (non-hydrogen) atoms. The van der Waals surface area contributed by atoms with Gasteiger partial charge in [0.1, 0.15) is 5.69 Å². The average Bonchev–Trinajstić information content (AvgIpc) is 2.50. The summed E-state index contributed by atoms with van der Waals surface area (Å²) in [7, 11) is 0. The zero-order valence-electron chi connectivity index (χ0n) is 10.6. The van der Waals surface area contributed by atoms with Crippen LogP contribution in [0.2, 0.25) is 0 Å². The Bertz CT molecular complexity index is 707. The molecule has 0 saturated heterocycles. The van der Waals surface area contributed by atoms with Gasteiger partial charge in [0, 0.05) is 18.0 Å². The monoisotopic (exact) mass is 281 g/mol. The lowest BCUT2D eigenvalue weighted by atomic mass is 10.00. The lowest BCUT2D eigenvalue weighted by Gasteiger charge is -2.13. The lowest BCUT2D eigenvalue weighted by molar-refractivity contribution is 0.0987. The van der Waals surface area contributed by atoms with Crippen LogP contribution in [0, 0.1) is 0 Å². The second kappa shape index (κ2) is 5.43. The Labute approximate surface area is 120 Å². The number of hydrogen-bond donors (Lipinski definition) is 0. The Morgan fingerprint density at radius 1 is 1.00 bits per heavy atom. The summed E-state index contributed by atoms with van der Waals surface area (Å²) < 4.78 is 0. The third-order valence-corrected chi connectivity index (χ3v) is 4.10. The maximum Gasteiger partial charge on any atom is 0.206 e. The van der Waals surface area contributed by atoms with Gasteiger partial charge in [-0.25, -0.2) is 0 Å². The van der Waals surface area contributed by atoms with Crippen molar-refractivity contribution in [1.29, 1.82) is 0 Å². The number of hydrogen-bond acceptors (Lipinski definition) is 4. The van der Waals surface area contributed by atoms with Crippen LogP contribution in [0.3, 0.4) is 0 Å². The summed E-state index contributed by atoms with van der Waals surface area (Å²) in [5, 5.41) is 0. The maximum atomic E-state index is 12.3. The van der Waals surface area contributed by atoms with E-state index >= 15 is 0 Å². The van der Waals surface area contributed by atoms with Gasteiger partial charge in [0.25, 0.3) is 0 Å². The van der Waals surface area contributed by atoms with E-state index in [1.165, 1.54) is 24.0 Å². The van der Waals surface area contributed by atoms with Crippen LogP contribution in [0.1, 0.15) is 26.4 Å². The predicted molar refractivity (Wildman–Crippen MR) is 78.7 cm³/mol. The Hall–Kier alpha value is -2.20. The summed E-state index contributed by atoms with van der Waals surface area (Å²) in [4.78, 5) is 28.7. The standard InChI is InChI=1S/C16H11NO2S/c18-13-9-14(20-10-11-5-2-1-3-6-11)16(19)12-7-4-8-17-15(12)13/h1-9H,10H2.